The van der Waals surface area contributed by atoms with E-state index in [1.165, 1.54) is 24.5 Å². The first-order valence-corrected chi connectivity index (χ1v) is 9.41. The molecule has 0 saturated carbocycles. The van der Waals surface area contributed by atoms with Gasteiger partial charge in [0.2, 0.25) is 5.90 Å². The summed E-state index contributed by atoms with van der Waals surface area (Å²) in [6.07, 6.45) is 5.67. The number of carbonyl (C=O) groups excluding carboxylic acids is 1. The molecule has 1 aliphatic rings. The summed E-state index contributed by atoms with van der Waals surface area (Å²) in [5.41, 5.74) is 0.816. The van der Waals surface area contributed by atoms with E-state index in [4.69, 9.17) is 44.0 Å². The van der Waals surface area contributed by atoms with Gasteiger partial charge in [0.05, 0.1) is 21.0 Å². The SMILES string of the molecule is O=C1OC(/C=C/c2cccc(Cl)c2Cl)=NC/1=C\c1coc2ccc(Cl)cc2c1=O. The number of nitrogens with zero attached hydrogens (tertiary/aromatic N) is 1. The Balaban J connectivity index is 1.67. The number of aliphatic imine (C=N–C) groups is 1. The third kappa shape index (κ3) is 3.98. The Labute approximate surface area is 179 Å². The molecule has 0 N–H and O–H groups in total. The van der Waals surface area contributed by atoms with Crippen LogP contribution in [0.25, 0.3) is 23.1 Å². The van der Waals surface area contributed by atoms with Crippen LogP contribution in [0.3, 0.4) is 0 Å². The van der Waals surface area contributed by atoms with E-state index in [1.807, 2.05) is 0 Å². The van der Waals surface area contributed by atoms with E-state index in [0.717, 1.165) is 0 Å². The van der Waals surface area contributed by atoms with Crippen LogP contribution in [-0.4, -0.2) is 11.9 Å². The topological polar surface area (TPSA) is 68.9 Å². The van der Waals surface area contributed by atoms with Gasteiger partial charge in [0.15, 0.2) is 11.1 Å². The van der Waals surface area contributed by atoms with Crippen molar-refractivity contribution in [1.29, 1.82) is 0 Å². The van der Waals surface area contributed by atoms with Gasteiger partial charge in [0, 0.05) is 11.1 Å². The molecule has 0 fully saturated rings. The zero-order valence-corrected chi connectivity index (χ0v) is 16.8. The number of hydrogen-bond acceptors (Lipinski definition) is 5. The molecule has 2 aromatic carbocycles. The normalized spacial score (nSPS) is 15.3. The minimum absolute atomic E-state index is 0.0319. The molecule has 0 radical (unpaired) electrons. The van der Waals surface area contributed by atoms with Crippen LogP contribution < -0.4 is 5.43 Å². The van der Waals surface area contributed by atoms with Crippen LogP contribution in [0.2, 0.25) is 15.1 Å². The van der Waals surface area contributed by atoms with E-state index in [2.05, 4.69) is 4.99 Å². The molecule has 29 heavy (non-hydrogen) atoms. The molecule has 8 heteroatoms. The fourth-order valence-corrected chi connectivity index (χ4v) is 3.22. The molecule has 1 aromatic heterocycles. The zero-order valence-electron chi connectivity index (χ0n) is 14.5. The fraction of sp³-hybridized carbons (Fsp3) is 0. The predicted octanol–water partition coefficient (Wildman–Crippen LogP) is 5.76. The fourth-order valence-electron chi connectivity index (χ4n) is 2.67. The first-order valence-electron chi connectivity index (χ1n) is 8.28. The Bertz CT molecular complexity index is 1310. The van der Waals surface area contributed by atoms with Gasteiger partial charge in [-0.15, -0.1) is 0 Å². The molecule has 0 unspecified atom stereocenters. The van der Waals surface area contributed by atoms with Crippen LogP contribution >= 0.6 is 34.8 Å². The standard InChI is InChI=1S/C21H10Cl3NO4/c22-13-5-6-17-14(9-13)20(26)12(10-28-17)8-16-21(27)29-18(25-16)7-4-11-2-1-3-15(23)19(11)24/h1-10H/b7-4+,16-8-. The molecule has 4 rings (SSSR count). The van der Waals surface area contributed by atoms with Gasteiger partial charge in [-0.25, -0.2) is 9.79 Å². The second-order valence-corrected chi connectivity index (χ2v) is 7.23. The van der Waals surface area contributed by atoms with Crippen molar-refractivity contribution in [2.24, 2.45) is 4.99 Å². The van der Waals surface area contributed by atoms with Crippen molar-refractivity contribution >= 4 is 69.8 Å². The highest BCUT2D eigenvalue weighted by Crippen LogP contribution is 2.27. The third-order valence-electron chi connectivity index (χ3n) is 4.08. The minimum Gasteiger partial charge on any atom is -0.463 e. The van der Waals surface area contributed by atoms with Crippen molar-refractivity contribution in [1.82, 2.24) is 0 Å². The van der Waals surface area contributed by atoms with E-state index in [1.54, 1.807) is 36.4 Å². The van der Waals surface area contributed by atoms with Crippen molar-refractivity contribution in [2.75, 3.05) is 0 Å². The molecule has 5 nitrogen and oxygen atoms in total. The second-order valence-electron chi connectivity index (χ2n) is 6.01. The van der Waals surface area contributed by atoms with Gasteiger partial charge in [0.1, 0.15) is 11.8 Å². The molecular weight excluding hydrogens is 437 g/mol. The van der Waals surface area contributed by atoms with Crippen LogP contribution in [0.15, 0.2) is 68.6 Å². The summed E-state index contributed by atoms with van der Waals surface area (Å²) < 4.78 is 10.5. The smallest absolute Gasteiger partial charge is 0.363 e. The molecule has 144 valence electrons. The van der Waals surface area contributed by atoms with E-state index >= 15 is 0 Å². The number of halogens is 3. The van der Waals surface area contributed by atoms with Crippen LogP contribution in [0, 0.1) is 0 Å². The zero-order chi connectivity index (χ0) is 20.5. The molecule has 0 amide bonds. The lowest BCUT2D eigenvalue weighted by Crippen LogP contribution is -2.06. The Morgan fingerprint density at radius 1 is 0.966 bits per heavy atom. The summed E-state index contributed by atoms with van der Waals surface area (Å²) >= 11 is 18.0. The number of cyclic esters (lactones) is 1. The number of carbonyl (C=O) groups is 1. The molecule has 0 aliphatic carbocycles. The average Bonchev–Trinajstić information content (AvgIpc) is 3.05. The predicted molar refractivity (Wildman–Crippen MR) is 114 cm³/mol. The monoisotopic (exact) mass is 445 g/mol. The molecule has 0 atom stereocenters. The molecular formula is C21H10Cl3NO4. The van der Waals surface area contributed by atoms with Crippen molar-refractivity contribution in [2.45, 2.75) is 0 Å². The molecule has 0 bridgehead atoms. The van der Waals surface area contributed by atoms with Crippen LogP contribution in [0.4, 0.5) is 0 Å². The lowest BCUT2D eigenvalue weighted by atomic mass is 10.1. The van der Waals surface area contributed by atoms with Crippen LogP contribution in [-0.2, 0) is 9.53 Å². The summed E-state index contributed by atoms with van der Waals surface area (Å²) in [6.45, 7) is 0. The summed E-state index contributed by atoms with van der Waals surface area (Å²) in [5.74, 6) is -0.627. The Morgan fingerprint density at radius 2 is 1.79 bits per heavy atom. The molecule has 1 aliphatic heterocycles. The number of ether oxygens (including phenoxy) is 1. The Hall–Kier alpha value is -2.86. The maximum atomic E-state index is 12.6. The number of rotatable bonds is 3. The largest absolute Gasteiger partial charge is 0.463 e. The van der Waals surface area contributed by atoms with Gasteiger partial charge in [-0.2, -0.15) is 0 Å². The Morgan fingerprint density at radius 3 is 2.62 bits per heavy atom. The van der Waals surface area contributed by atoms with Crippen molar-refractivity contribution in [3.05, 3.63) is 90.9 Å². The highest BCUT2D eigenvalue weighted by Gasteiger charge is 2.22. The maximum Gasteiger partial charge on any atom is 0.363 e. The van der Waals surface area contributed by atoms with E-state index in [0.29, 0.717) is 31.6 Å². The van der Waals surface area contributed by atoms with Crippen molar-refractivity contribution < 1.29 is 13.9 Å². The first-order chi connectivity index (χ1) is 13.9. The Kier molecular flexibility index (Phi) is 5.28. The summed E-state index contributed by atoms with van der Waals surface area (Å²) in [4.78, 5) is 28.8. The average molecular weight is 447 g/mol. The van der Waals surface area contributed by atoms with Gasteiger partial charge in [-0.05, 0) is 42.0 Å². The summed E-state index contributed by atoms with van der Waals surface area (Å²) in [6, 6.07) is 9.88. The second kappa shape index (κ2) is 7.87. The third-order valence-corrected chi connectivity index (χ3v) is 5.15. The molecule has 0 spiro atoms. The molecule has 2 heterocycles. The summed E-state index contributed by atoms with van der Waals surface area (Å²) in [5, 5.41) is 1.49. The van der Waals surface area contributed by atoms with Crippen LogP contribution in [0.5, 0.6) is 0 Å². The molecule has 3 aromatic rings. The first kappa shape index (κ1) is 19.5. The number of benzene rings is 2. The van der Waals surface area contributed by atoms with E-state index in [9.17, 15) is 9.59 Å². The molecule has 0 saturated heterocycles. The minimum atomic E-state index is -0.688. The van der Waals surface area contributed by atoms with Crippen molar-refractivity contribution in [3.8, 4) is 0 Å². The highest BCUT2D eigenvalue weighted by atomic mass is 35.5. The van der Waals surface area contributed by atoms with Gasteiger partial charge >= 0.3 is 5.97 Å². The van der Waals surface area contributed by atoms with Crippen molar-refractivity contribution in [3.63, 3.8) is 0 Å². The van der Waals surface area contributed by atoms with Gasteiger partial charge in [-0.1, -0.05) is 46.9 Å². The lowest BCUT2D eigenvalue weighted by molar-refractivity contribution is -0.129. The number of hydrogen-bond donors (Lipinski definition) is 0. The number of esters is 1. The van der Waals surface area contributed by atoms with E-state index < -0.39 is 5.97 Å². The van der Waals surface area contributed by atoms with Crippen LogP contribution in [0.1, 0.15) is 11.1 Å². The lowest BCUT2D eigenvalue weighted by Gasteiger charge is -1.99. The van der Waals surface area contributed by atoms with E-state index in [-0.39, 0.29) is 22.6 Å². The van der Waals surface area contributed by atoms with Gasteiger partial charge < -0.3 is 9.15 Å². The maximum absolute atomic E-state index is 12.6. The summed E-state index contributed by atoms with van der Waals surface area (Å²) in [7, 11) is 0. The highest BCUT2D eigenvalue weighted by molar-refractivity contribution is 6.43. The van der Waals surface area contributed by atoms with Gasteiger partial charge in [0.25, 0.3) is 0 Å². The van der Waals surface area contributed by atoms with Gasteiger partial charge in [-0.3, -0.25) is 4.79 Å². The quantitative estimate of drug-likeness (QED) is 0.379. The number of fused-ring (bicyclic) bond motifs is 1.